The molecule has 0 aliphatic carbocycles. The lowest BCUT2D eigenvalue weighted by atomic mass is 10.3. The first-order chi connectivity index (χ1) is 9.13. The molecule has 1 unspecified atom stereocenters. The van der Waals surface area contributed by atoms with Crippen molar-refractivity contribution in [3.63, 3.8) is 0 Å². The largest absolute Gasteiger partial charge is 0.481 e. The molecule has 0 bridgehead atoms. The first-order valence-corrected chi connectivity index (χ1v) is 7.70. The van der Waals surface area contributed by atoms with Gasteiger partial charge in [-0.3, -0.25) is 4.79 Å². The third kappa shape index (κ3) is 4.93. The molecular formula is C14H22N2O2S. The summed E-state index contributed by atoms with van der Waals surface area (Å²) in [5.74, 6) is -0.760. The summed E-state index contributed by atoms with van der Waals surface area (Å²) in [7, 11) is 0. The van der Waals surface area contributed by atoms with Crippen LogP contribution in [0.4, 0.5) is 0 Å². The summed E-state index contributed by atoms with van der Waals surface area (Å²) in [4.78, 5) is 15.3. The smallest absolute Gasteiger partial charge is 0.308 e. The Balaban J connectivity index is 1.71. The molecule has 0 aromatic carbocycles. The molecule has 1 saturated heterocycles. The Morgan fingerprint density at radius 2 is 2.11 bits per heavy atom. The van der Waals surface area contributed by atoms with Gasteiger partial charge in [-0.1, -0.05) is 0 Å². The quantitative estimate of drug-likeness (QED) is 0.802. The summed E-state index contributed by atoms with van der Waals surface area (Å²) in [6.45, 7) is 6.61. The molecule has 0 saturated carbocycles. The zero-order chi connectivity index (χ0) is 13.7. The number of carboxylic acid groups (broad SMARTS) is 1. The number of hydrogen-bond acceptors (Lipinski definition) is 4. The molecule has 19 heavy (non-hydrogen) atoms. The minimum Gasteiger partial charge on any atom is -0.481 e. The maximum atomic E-state index is 10.6. The maximum absolute atomic E-state index is 10.6. The maximum Gasteiger partial charge on any atom is 0.308 e. The van der Waals surface area contributed by atoms with E-state index in [9.17, 15) is 4.79 Å². The highest BCUT2D eigenvalue weighted by atomic mass is 32.1. The van der Waals surface area contributed by atoms with Crippen molar-refractivity contribution in [1.29, 1.82) is 0 Å². The number of carboxylic acids is 1. The van der Waals surface area contributed by atoms with Gasteiger partial charge in [0, 0.05) is 28.9 Å². The van der Waals surface area contributed by atoms with E-state index < -0.39 is 5.97 Å². The molecule has 0 radical (unpaired) electrons. The molecule has 1 aromatic heterocycles. The molecule has 2 heterocycles. The lowest BCUT2D eigenvalue weighted by Crippen LogP contribution is -2.37. The zero-order valence-corrected chi connectivity index (χ0v) is 12.2. The number of carbonyl (C=O) groups is 1. The van der Waals surface area contributed by atoms with Crippen LogP contribution in [0, 0.1) is 0 Å². The number of nitrogens with zero attached hydrogens (tertiary/aromatic N) is 1. The standard InChI is InChI=1S/C14H22N2O2S/c1-11(10-16-6-2-3-7-16)15-9-13-5-4-12(19-13)8-14(17)18/h4-5,11,15H,2-3,6-10H2,1H3,(H,17,18). The zero-order valence-electron chi connectivity index (χ0n) is 11.4. The lowest BCUT2D eigenvalue weighted by molar-refractivity contribution is -0.136. The number of nitrogens with one attached hydrogen (secondary N) is 1. The summed E-state index contributed by atoms with van der Waals surface area (Å²) in [5.41, 5.74) is 0. The van der Waals surface area contributed by atoms with E-state index in [4.69, 9.17) is 5.11 Å². The highest BCUT2D eigenvalue weighted by molar-refractivity contribution is 7.12. The van der Waals surface area contributed by atoms with Gasteiger partial charge < -0.3 is 15.3 Å². The first kappa shape index (κ1) is 14.5. The summed E-state index contributed by atoms with van der Waals surface area (Å²) < 4.78 is 0. The monoisotopic (exact) mass is 282 g/mol. The predicted molar refractivity (Wildman–Crippen MR) is 77.6 cm³/mol. The van der Waals surface area contributed by atoms with Crippen LogP contribution in [0.2, 0.25) is 0 Å². The third-order valence-electron chi connectivity index (χ3n) is 3.40. The average Bonchev–Trinajstić information content (AvgIpc) is 2.97. The lowest BCUT2D eigenvalue weighted by Gasteiger charge is -2.20. The normalized spacial score (nSPS) is 17.7. The van der Waals surface area contributed by atoms with Gasteiger partial charge in [0.1, 0.15) is 0 Å². The Bertz CT molecular complexity index is 413. The Morgan fingerprint density at radius 1 is 1.42 bits per heavy atom. The molecule has 0 amide bonds. The van der Waals surface area contributed by atoms with Gasteiger partial charge in [0.25, 0.3) is 0 Å². The summed E-state index contributed by atoms with van der Waals surface area (Å²) in [6.07, 6.45) is 2.79. The number of rotatable bonds is 7. The minimum absolute atomic E-state index is 0.133. The molecule has 2 rings (SSSR count). The van der Waals surface area contributed by atoms with E-state index in [1.165, 1.54) is 30.8 Å². The highest BCUT2D eigenvalue weighted by Crippen LogP contribution is 2.17. The van der Waals surface area contributed by atoms with E-state index in [1.807, 2.05) is 12.1 Å². The second-order valence-corrected chi connectivity index (χ2v) is 6.48. The van der Waals surface area contributed by atoms with E-state index in [2.05, 4.69) is 17.1 Å². The van der Waals surface area contributed by atoms with Crippen molar-refractivity contribution in [3.8, 4) is 0 Å². The fraction of sp³-hybridized carbons (Fsp3) is 0.643. The van der Waals surface area contributed by atoms with Crippen LogP contribution in [-0.2, 0) is 17.8 Å². The van der Waals surface area contributed by atoms with Crippen LogP contribution in [0.3, 0.4) is 0 Å². The van der Waals surface area contributed by atoms with Crippen LogP contribution < -0.4 is 5.32 Å². The van der Waals surface area contributed by atoms with Crippen molar-refractivity contribution in [1.82, 2.24) is 10.2 Å². The number of hydrogen-bond donors (Lipinski definition) is 2. The van der Waals surface area contributed by atoms with Crippen LogP contribution in [0.1, 0.15) is 29.5 Å². The van der Waals surface area contributed by atoms with Gasteiger partial charge in [-0.15, -0.1) is 11.3 Å². The van der Waals surface area contributed by atoms with Crippen molar-refractivity contribution in [2.24, 2.45) is 0 Å². The molecule has 0 spiro atoms. The van der Waals surface area contributed by atoms with Gasteiger partial charge in [-0.05, 0) is 45.0 Å². The molecule has 4 nitrogen and oxygen atoms in total. The van der Waals surface area contributed by atoms with Crippen LogP contribution >= 0.6 is 11.3 Å². The molecule has 1 atom stereocenters. The molecule has 1 aromatic rings. The van der Waals surface area contributed by atoms with Crippen molar-refractivity contribution in [3.05, 3.63) is 21.9 Å². The Labute approximate surface area is 118 Å². The molecule has 2 N–H and O–H groups in total. The second-order valence-electron chi connectivity index (χ2n) is 5.23. The Morgan fingerprint density at radius 3 is 2.79 bits per heavy atom. The summed E-state index contributed by atoms with van der Waals surface area (Å²) >= 11 is 1.59. The van der Waals surface area contributed by atoms with E-state index in [0.29, 0.717) is 6.04 Å². The molecular weight excluding hydrogens is 260 g/mol. The van der Waals surface area contributed by atoms with E-state index in [0.717, 1.165) is 18.0 Å². The topological polar surface area (TPSA) is 52.6 Å². The Hall–Kier alpha value is -0.910. The second kappa shape index (κ2) is 7.03. The van der Waals surface area contributed by atoms with Crippen molar-refractivity contribution in [2.45, 2.75) is 38.8 Å². The summed E-state index contributed by atoms with van der Waals surface area (Å²) in [5, 5.41) is 12.3. The van der Waals surface area contributed by atoms with Crippen molar-refractivity contribution in [2.75, 3.05) is 19.6 Å². The number of thiophene rings is 1. The van der Waals surface area contributed by atoms with Gasteiger partial charge >= 0.3 is 5.97 Å². The van der Waals surface area contributed by atoms with Crippen LogP contribution in [0.5, 0.6) is 0 Å². The minimum atomic E-state index is -0.760. The van der Waals surface area contributed by atoms with Crippen LogP contribution in [0.25, 0.3) is 0 Å². The van der Waals surface area contributed by atoms with E-state index >= 15 is 0 Å². The molecule has 5 heteroatoms. The van der Waals surface area contributed by atoms with E-state index in [-0.39, 0.29) is 6.42 Å². The molecule has 106 valence electrons. The van der Waals surface area contributed by atoms with Gasteiger partial charge in [-0.2, -0.15) is 0 Å². The fourth-order valence-electron chi connectivity index (χ4n) is 2.45. The molecule has 1 fully saturated rings. The van der Waals surface area contributed by atoms with E-state index in [1.54, 1.807) is 11.3 Å². The number of aliphatic carboxylic acids is 1. The SMILES string of the molecule is CC(CN1CCCC1)NCc1ccc(CC(=O)O)s1. The highest BCUT2D eigenvalue weighted by Gasteiger charge is 2.14. The average molecular weight is 282 g/mol. The molecule has 1 aliphatic heterocycles. The van der Waals surface area contributed by atoms with Gasteiger partial charge in [-0.25, -0.2) is 0 Å². The molecule has 1 aliphatic rings. The van der Waals surface area contributed by atoms with Crippen LogP contribution in [0.15, 0.2) is 12.1 Å². The van der Waals surface area contributed by atoms with Gasteiger partial charge in [0.05, 0.1) is 6.42 Å². The van der Waals surface area contributed by atoms with Crippen molar-refractivity contribution >= 4 is 17.3 Å². The van der Waals surface area contributed by atoms with Crippen molar-refractivity contribution < 1.29 is 9.90 Å². The fourth-order valence-corrected chi connectivity index (χ4v) is 3.41. The number of likely N-dealkylation sites (tertiary alicyclic amines) is 1. The third-order valence-corrected chi connectivity index (χ3v) is 4.48. The predicted octanol–water partition coefficient (Wildman–Crippen LogP) is 1.95. The van der Waals surface area contributed by atoms with Gasteiger partial charge in [0.2, 0.25) is 0 Å². The summed E-state index contributed by atoms with van der Waals surface area (Å²) in [6, 6.07) is 4.42. The first-order valence-electron chi connectivity index (χ1n) is 6.88. The Kier molecular flexibility index (Phi) is 5.36. The van der Waals surface area contributed by atoms with Gasteiger partial charge in [0.15, 0.2) is 0 Å². The van der Waals surface area contributed by atoms with Crippen LogP contribution in [-0.4, -0.2) is 41.7 Å².